The maximum Gasteiger partial charge on any atom is 0.307 e. The number of hydrogen-bond acceptors (Lipinski definition) is 5. The third-order valence-electron chi connectivity index (χ3n) is 5.74. The van der Waals surface area contributed by atoms with Crippen LogP contribution in [0.4, 0.5) is 0 Å². The van der Waals surface area contributed by atoms with Crippen molar-refractivity contribution in [2.45, 2.75) is 39.7 Å². The van der Waals surface area contributed by atoms with Gasteiger partial charge in [-0.3, -0.25) is 9.69 Å². The number of benzene rings is 2. The van der Waals surface area contributed by atoms with E-state index in [0.29, 0.717) is 24.2 Å². The van der Waals surface area contributed by atoms with Crippen LogP contribution in [-0.4, -0.2) is 39.2 Å². The van der Waals surface area contributed by atoms with Gasteiger partial charge in [-0.25, -0.2) is 0 Å². The molecular weight excluding hydrogens is 390 g/mol. The average Bonchev–Trinajstić information content (AvgIpc) is 3.25. The van der Waals surface area contributed by atoms with Crippen LogP contribution in [0.25, 0.3) is 22.8 Å². The monoisotopic (exact) mass is 419 g/mol. The summed E-state index contributed by atoms with van der Waals surface area (Å²) in [4.78, 5) is 18.0. The van der Waals surface area contributed by atoms with E-state index in [2.05, 4.69) is 53.2 Å². The first-order valence-electron chi connectivity index (χ1n) is 11.0. The van der Waals surface area contributed by atoms with Crippen LogP contribution in [0, 0.1) is 11.8 Å². The lowest BCUT2D eigenvalue weighted by atomic mass is 9.98. The van der Waals surface area contributed by atoms with E-state index in [4.69, 9.17) is 4.52 Å². The normalized spacial score (nSPS) is 17.2. The third kappa shape index (κ3) is 5.39. The third-order valence-corrected chi connectivity index (χ3v) is 5.74. The highest BCUT2D eigenvalue weighted by Crippen LogP contribution is 2.24. The molecule has 6 heteroatoms. The summed E-state index contributed by atoms with van der Waals surface area (Å²) < 4.78 is 5.49. The first-order chi connectivity index (χ1) is 15.0. The summed E-state index contributed by atoms with van der Waals surface area (Å²) >= 11 is 0. The highest BCUT2D eigenvalue weighted by Gasteiger charge is 2.25. The summed E-state index contributed by atoms with van der Waals surface area (Å²) in [5.41, 5.74) is 4.27. The van der Waals surface area contributed by atoms with Gasteiger partial charge in [-0.1, -0.05) is 55.4 Å². The first kappa shape index (κ1) is 21.2. The minimum atomic E-state index is -0.692. The van der Waals surface area contributed by atoms with E-state index < -0.39 is 5.97 Å². The lowest BCUT2D eigenvalue weighted by Gasteiger charge is -2.30. The topological polar surface area (TPSA) is 79.5 Å². The molecular formula is C25H29N3O3. The smallest absolute Gasteiger partial charge is 0.307 e. The Morgan fingerprint density at radius 2 is 1.77 bits per heavy atom. The molecule has 0 radical (unpaired) electrons. The molecule has 1 aromatic heterocycles. The van der Waals surface area contributed by atoms with Gasteiger partial charge in [0.05, 0.1) is 5.92 Å². The van der Waals surface area contributed by atoms with Gasteiger partial charge in [-0.15, -0.1) is 0 Å². The van der Waals surface area contributed by atoms with Gasteiger partial charge in [0.15, 0.2) is 0 Å². The summed E-state index contributed by atoms with van der Waals surface area (Å²) in [5.74, 6) is 0.755. The molecule has 6 nitrogen and oxygen atoms in total. The Hall–Kier alpha value is -2.99. The van der Waals surface area contributed by atoms with Crippen molar-refractivity contribution in [2.75, 3.05) is 13.1 Å². The molecule has 0 unspecified atom stereocenters. The molecule has 0 aliphatic carbocycles. The number of rotatable bonds is 7. The molecule has 0 bridgehead atoms. The highest BCUT2D eigenvalue weighted by atomic mass is 16.5. The van der Waals surface area contributed by atoms with Gasteiger partial charge < -0.3 is 9.63 Å². The first-order valence-corrected chi connectivity index (χ1v) is 11.0. The summed E-state index contributed by atoms with van der Waals surface area (Å²) in [5, 5.41) is 13.4. The van der Waals surface area contributed by atoms with Crippen LogP contribution in [0.15, 0.2) is 53.1 Å². The van der Waals surface area contributed by atoms with Crippen LogP contribution < -0.4 is 0 Å². The molecule has 4 rings (SSSR count). The molecule has 1 fully saturated rings. The largest absolute Gasteiger partial charge is 0.481 e. The lowest BCUT2D eigenvalue weighted by Crippen LogP contribution is -2.38. The molecule has 31 heavy (non-hydrogen) atoms. The second kappa shape index (κ2) is 9.43. The fourth-order valence-corrected chi connectivity index (χ4v) is 4.13. The zero-order valence-electron chi connectivity index (χ0n) is 18.1. The zero-order chi connectivity index (χ0) is 21.8. The van der Waals surface area contributed by atoms with Crippen molar-refractivity contribution in [1.29, 1.82) is 0 Å². The Bertz CT molecular complexity index is 1010. The number of nitrogens with zero attached hydrogens (tertiary/aromatic N) is 3. The van der Waals surface area contributed by atoms with Crippen LogP contribution >= 0.6 is 0 Å². The molecule has 0 amide bonds. The molecule has 0 spiro atoms. The summed E-state index contributed by atoms with van der Waals surface area (Å²) in [7, 11) is 0. The average molecular weight is 420 g/mol. The van der Waals surface area contributed by atoms with E-state index in [9.17, 15) is 9.90 Å². The summed E-state index contributed by atoms with van der Waals surface area (Å²) in [6, 6.07) is 16.4. The minimum absolute atomic E-state index is 0.259. The molecule has 1 aliphatic heterocycles. The van der Waals surface area contributed by atoms with Gasteiger partial charge in [-0.2, -0.15) is 4.98 Å². The quantitative estimate of drug-likeness (QED) is 0.587. The van der Waals surface area contributed by atoms with Gasteiger partial charge in [0.25, 0.3) is 5.89 Å². The fourth-order valence-electron chi connectivity index (χ4n) is 4.13. The Labute approximate surface area is 182 Å². The maximum absolute atomic E-state index is 11.3. The summed E-state index contributed by atoms with van der Waals surface area (Å²) in [6.07, 6.45) is 2.75. The Kier molecular flexibility index (Phi) is 6.47. The maximum atomic E-state index is 11.3. The zero-order valence-corrected chi connectivity index (χ0v) is 18.1. The second-order valence-electron chi connectivity index (χ2n) is 8.83. The molecule has 1 aliphatic rings. The fraction of sp³-hybridized carbons (Fsp3) is 0.400. The van der Waals surface area contributed by atoms with Crippen molar-refractivity contribution in [2.24, 2.45) is 11.8 Å². The van der Waals surface area contributed by atoms with Gasteiger partial charge in [0.1, 0.15) is 0 Å². The van der Waals surface area contributed by atoms with Gasteiger partial charge in [0.2, 0.25) is 5.82 Å². The number of aromatic nitrogens is 2. The molecule has 3 aromatic rings. The van der Waals surface area contributed by atoms with Gasteiger partial charge in [0, 0.05) is 24.2 Å². The number of aliphatic carboxylic acids is 1. The molecule has 2 aromatic carbocycles. The van der Waals surface area contributed by atoms with Crippen molar-refractivity contribution in [1.82, 2.24) is 15.0 Å². The SMILES string of the molecule is CC(C)Cc1ccc(-c2nc(-c3ccc(CN4CCC[C@@H](C(=O)O)C4)cc3)no2)cc1. The highest BCUT2D eigenvalue weighted by molar-refractivity contribution is 5.70. The minimum Gasteiger partial charge on any atom is -0.481 e. The standard InChI is InChI=1S/C25H29N3O3/c1-17(2)14-18-5-11-21(12-6-18)24-26-23(27-31-24)20-9-7-19(8-10-20)15-28-13-3-4-22(16-28)25(29)30/h5-12,17,22H,3-4,13-16H2,1-2H3,(H,29,30)/t22-/m1/s1. The predicted octanol–water partition coefficient (Wildman–Crippen LogP) is 4.90. The van der Waals surface area contributed by atoms with Crippen LogP contribution in [0.5, 0.6) is 0 Å². The number of likely N-dealkylation sites (tertiary alicyclic amines) is 1. The second-order valence-corrected chi connectivity index (χ2v) is 8.83. The van der Waals surface area contributed by atoms with Crippen molar-refractivity contribution in [3.8, 4) is 22.8 Å². The van der Waals surface area contributed by atoms with E-state index in [-0.39, 0.29) is 5.92 Å². The molecule has 1 saturated heterocycles. The molecule has 162 valence electrons. The molecule has 1 atom stereocenters. The molecule has 1 N–H and O–H groups in total. The summed E-state index contributed by atoms with van der Waals surface area (Å²) in [6.45, 7) is 6.73. The van der Waals surface area contributed by atoms with Crippen LogP contribution in [0.2, 0.25) is 0 Å². The number of hydrogen-bond donors (Lipinski definition) is 1. The van der Waals surface area contributed by atoms with Crippen LogP contribution in [0.1, 0.15) is 37.8 Å². The van der Waals surface area contributed by atoms with Crippen molar-refractivity contribution in [3.63, 3.8) is 0 Å². The number of carboxylic acid groups (broad SMARTS) is 1. The Balaban J connectivity index is 1.40. The molecule has 0 saturated carbocycles. The number of carboxylic acids is 1. The van der Waals surface area contributed by atoms with E-state index >= 15 is 0 Å². The molecule has 2 heterocycles. The van der Waals surface area contributed by atoms with E-state index in [1.54, 1.807) is 0 Å². The lowest BCUT2D eigenvalue weighted by molar-refractivity contribution is -0.143. The van der Waals surface area contributed by atoms with Crippen LogP contribution in [-0.2, 0) is 17.8 Å². The van der Waals surface area contributed by atoms with Crippen molar-refractivity contribution >= 4 is 5.97 Å². The van der Waals surface area contributed by atoms with Crippen molar-refractivity contribution in [3.05, 3.63) is 59.7 Å². The van der Waals surface area contributed by atoms with E-state index in [1.165, 1.54) is 5.56 Å². The predicted molar refractivity (Wildman–Crippen MR) is 119 cm³/mol. The Morgan fingerprint density at radius 1 is 1.10 bits per heavy atom. The van der Waals surface area contributed by atoms with E-state index in [1.807, 2.05) is 24.3 Å². The van der Waals surface area contributed by atoms with Gasteiger partial charge >= 0.3 is 5.97 Å². The number of carbonyl (C=O) groups is 1. The van der Waals surface area contributed by atoms with Gasteiger partial charge in [-0.05, 0) is 55.0 Å². The Morgan fingerprint density at radius 3 is 2.45 bits per heavy atom. The van der Waals surface area contributed by atoms with Crippen LogP contribution in [0.3, 0.4) is 0 Å². The van der Waals surface area contributed by atoms with E-state index in [0.717, 1.165) is 49.0 Å². The number of piperidine rings is 1. The van der Waals surface area contributed by atoms with Crippen molar-refractivity contribution < 1.29 is 14.4 Å².